The number of nitrogens with zero attached hydrogens (tertiary/aromatic N) is 3. The van der Waals surface area contributed by atoms with Gasteiger partial charge in [0.1, 0.15) is 0 Å². The van der Waals surface area contributed by atoms with Gasteiger partial charge in [-0.25, -0.2) is 0 Å². The molecule has 7 heteroatoms. The average molecular weight is 431 g/mol. The molecule has 1 aliphatic carbocycles. The Balaban J connectivity index is 1.16. The predicted molar refractivity (Wildman–Crippen MR) is 120 cm³/mol. The first-order valence-electron chi connectivity index (χ1n) is 11.2. The van der Waals surface area contributed by atoms with E-state index < -0.39 is 0 Å². The van der Waals surface area contributed by atoms with Crippen LogP contribution >= 0.6 is 0 Å². The Morgan fingerprint density at radius 3 is 2.31 bits per heavy atom. The van der Waals surface area contributed by atoms with Crippen LogP contribution in [0.4, 0.5) is 5.69 Å². The van der Waals surface area contributed by atoms with Gasteiger partial charge in [0, 0.05) is 41.7 Å². The molecule has 2 fully saturated rings. The smallest absolute Gasteiger partial charge is 0.253 e. The Morgan fingerprint density at radius 1 is 0.969 bits per heavy atom. The van der Waals surface area contributed by atoms with Gasteiger partial charge < -0.3 is 14.7 Å². The highest BCUT2D eigenvalue weighted by Gasteiger charge is 2.30. The molecule has 0 spiro atoms. The second kappa shape index (κ2) is 8.57. The molecule has 1 saturated carbocycles. The van der Waals surface area contributed by atoms with Crippen molar-refractivity contribution in [3.63, 3.8) is 0 Å². The van der Waals surface area contributed by atoms with Gasteiger partial charge in [0.2, 0.25) is 17.6 Å². The Labute approximate surface area is 186 Å². The number of carbonyl (C=O) groups excluding carboxylic acids is 2. The zero-order chi connectivity index (χ0) is 22.1. The number of carbonyl (C=O) groups is 2. The Bertz CT molecular complexity index is 1110. The van der Waals surface area contributed by atoms with Crippen molar-refractivity contribution in [1.82, 2.24) is 15.0 Å². The van der Waals surface area contributed by atoms with Crippen LogP contribution in [0.5, 0.6) is 0 Å². The van der Waals surface area contributed by atoms with Gasteiger partial charge in [-0.15, -0.1) is 0 Å². The molecule has 1 aromatic heterocycles. The lowest BCUT2D eigenvalue weighted by Gasteiger charge is -2.31. The first kappa shape index (κ1) is 20.4. The van der Waals surface area contributed by atoms with Crippen LogP contribution in [0.15, 0.2) is 53.1 Å². The number of amides is 2. The normalized spacial score (nSPS) is 16.7. The van der Waals surface area contributed by atoms with Crippen molar-refractivity contribution in [2.45, 2.75) is 38.5 Å². The van der Waals surface area contributed by atoms with Crippen LogP contribution in [0, 0.1) is 12.8 Å². The molecule has 0 atom stereocenters. The monoisotopic (exact) mass is 430 g/mol. The number of nitrogens with one attached hydrogen (secondary N) is 1. The molecule has 164 valence electrons. The van der Waals surface area contributed by atoms with E-state index in [4.69, 9.17) is 4.52 Å². The third-order valence-electron chi connectivity index (χ3n) is 6.23. The molecular formula is C25H26N4O3. The number of likely N-dealkylation sites (tertiary alicyclic amines) is 1. The van der Waals surface area contributed by atoms with Gasteiger partial charge in [-0.05, 0) is 56.9 Å². The summed E-state index contributed by atoms with van der Waals surface area (Å²) in [5, 5.41) is 7.04. The maximum atomic E-state index is 12.9. The second-order valence-corrected chi connectivity index (χ2v) is 8.73. The lowest BCUT2D eigenvalue weighted by atomic mass is 9.95. The lowest BCUT2D eigenvalue weighted by molar-refractivity contribution is -0.121. The maximum absolute atomic E-state index is 12.9. The molecule has 3 aromatic rings. The molecule has 5 rings (SSSR count). The summed E-state index contributed by atoms with van der Waals surface area (Å²) in [5.74, 6) is 1.61. The minimum atomic E-state index is -0.0818. The second-order valence-electron chi connectivity index (χ2n) is 8.73. The summed E-state index contributed by atoms with van der Waals surface area (Å²) in [6.07, 6.45) is 3.54. The van der Waals surface area contributed by atoms with Gasteiger partial charge in [0.05, 0.1) is 0 Å². The Hall–Kier alpha value is -3.48. The quantitative estimate of drug-likeness (QED) is 0.648. The summed E-state index contributed by atoms with van der Waals surface area (Å²) in [4.78, 5) is 31.8. The molecule has 32 heavy (non-hydrogen) atoms. The van der Waals surface area contributed by atoms with E-state index in [9.17, 15) is 9.59 Å². The number of hydrogen-bond acceptors (Lipinski definition) is 5. The van der Waals surface area contributed by atoms with E-state index in [2.05, 4.69) is 15.5 Å². The van der Waals surface area contributed by atoms with Crippen LogP contribution in [0.25, 0.3) is 11.4 Å². The number of benzene rings is 2. The standard InChI is InChI=1S/C25H26N4O3/c1-16-2-10-21(11-3-16)26-23(30)18-12-14-29(15-13-18)25(31)20-8-4-17(5-9-20)22-27-24(32-28-22)19-6-7-19/h2-5,8-11,18-19H,6-7,12-15H2,1H3,(H,26,30). The van der Waals surface area contributed by atoms with Crippen LogP contribution in [-0.4, -0.2) is 39.9 Å². The van der Waals surface area contributed by atoms with Gasteiger partial charge in [0.15, 0.2) is 0 Å². The molecule has 0 radical (unpaired) electrons. The van der Waals surface area contributed by atoms with Gasteiger partial charge in [-0.1, -0.05) is 35.0 Å². The fraction of sp³-hybridized carbons (Fsp3) is 0.360. The average Bonchev–Trinajstić information content (AvgIpc) is 3.57. The summed E-state index contributed by atoms with van der Waals surface area (Å²) in [6.45, 7) is 3.16. The van der Waals surface area contributed by atoms with Crippen molar-refractivity contribution in [2.24, 2.45) is 5.92 Å². The predicted octanol–water partition coefficient (Wildman–Crippen LogP) is 4.41. The van der Waals surface area contributed by atoms with Crippen molar-refractivity contribution in [1.29, 1.82) is 0 Å². The van der Waals surface area contributed by atoms with Crippen LogP contribution in [0.3, 0.4) is 0 Å². The molecule has 0 unspecified atom stereocenters. The number of aryl methyl sites for hydroxylation is 1. The summed E-state index contributed by atoms with van der Waals surface area (Å²) in [7, 11) is 0. The van der Waals surface area contributed by atoms with E-state index in [0.29, 0.717) is 49.1 Å². The fourth-order valence-electron chi connectivity index (χ4n) is 4.02. The minimum absolute atomic E-state index is 0.0132. The van der Waals surface area contributed by atoms with E-state index in [1.807, 2.05) is 48.2 Å². The number of hydrogen-bond donors (Lipinski definition) is 1. The number of aromatic nitrogens is 2. The van der Waals surface area contributed by atoms with Gasteiger partial charge in [0.25, 0.3) is 5.91 Å². The van der Waals surface area contributed by atoms with Crippen molar-refractivity contribution in [3.05, 3.63) is 65.5 Å². The third-order valence-corrected chi connectivity index (χ3v) is 6.23. The van der Waals surface area contributed by atoms with Crippen molar-refractivity contribution in [3.8, 4) is 11.4 Å². The highest BCUT2D eigenvalue weighted by Crippen LogP contribution is 2.39. The topological polar surface area (TPSA) is 88.3 Å². The highest BCUT2D eigenvalue weighted by molar-refractivity contribution is 5.95. The van der Waals surface area contributed by atoms with Crippen molar-refractivity contribution < 1.29 is 14.1 Å². The highest BCUT2D eigenvalue weighted by atomic mass is 16.5. The van der Waals surface area contributed by atoms with Crippen LogP contribution in [0.2, 0.25) is 0 Å². The number of piperidine rings is 1. The molecule has 2 heterocycles. The van der Waals surface area contributed by atoms with Crippen molar-refractivity contribution in [2.75, 3.05) is 18.4 Å². The molecule has 2 aromatic carbocycles. The van der Waals surface area contributed by atoms with Crippen molar-refractivity contribution >= 4 is 17.5 Å². The zero-order valence-corrected chi connectivity index (χ0v) is 18.1. The van der Waals surface area contributed by atoms with E-state index >= 15 is 0 Å². The zero-order valence-electron chi connectivity index (χ0n) is 18.1. The molecule has 1 saturated heterocycles. The Kier molecular flexibility index (Phi) is 5.47. The number of rotatable bonds is 5. The van der Waals surface area contributed by atoms with Gasteiger partial charge >= 0.3 is 0 Å². The number of anilines is 1. The van der Waals surface area contributed by atoms with Gasteiger partial charge in [-0.2, -0.15) is 4.98 Å². The molecule has 0 bridgehead atoms. The summed E-state index contributed by atoms with van der Waals surface area (Å²) in [5.41, 5.74) is 3.43. The largest absolute Gasteiger partial charge is 0.339 e. The third kappa shape index (κ3) is 4.42. The maximum Gasteiger partial charge on any atom is 0.253 e. The first-order chi connectivity index (χ1) is 15.6. The van der Waals surface area contributed by atoms with E-state index in [1.54, 1.807) is 12.1 Å². The molecule has 2 aliphatic rings. The van der Waals surface area contributed by atoms with Gasteiger partial charge in [-0.3, -0.25) is 9.59 Å². The van der Waals surface area contributed by atoms with Crippen LogP contribution in [-0.2, 0) is 4.79 Å². The SMILES string of the molecule is Cc1ccc(NC(=O)C2CCN(C(=O)c3ccc(-c4noc(C5CC5)n4)cc3)CC2)cc1. The summed E-state index contributed by atoms with van der Waals surface area (Å²) >= 11 is 0. The Morgan fingerprint density at radius 2 is 1.66 bits per heavy atom. The fourth-order valence-corrected chi connectivity index (χ4v) is 4.02. The summed E-state index contributed by atoms with van der Waals surface area (Å²) in [6, 6.07) is 15.1. The molecular weight excluding hydrogens is 404 g/mol. The minimum Gasteiger partial charge on any atom is -0.339 e. The van der Waals surface area contributed by atoms with E-state index in [0.717, 1.165) is 29.7 Å². The molecule has 1 N–H and O–H groups in total. The lowest BCUT2D eigenvalue weighted by Crippen LogP contribution is -2.41. The first-order valence-corrected chi connectivity index (χ1v) is 11.2. The van der Waals surface area contributed by atoms with Crippen LogP contribution in [0.1, 0.15) is 53.4 Å². The molecule has 1 aliphatic heterocycles. The summed E-state index contributed by atoms with van der Waals surface area (Å²) < 4.78 is 5.32. The van der Waals surface area contributed by atoms with Crippen LogP contribution < -0.4 is 5.32 Å². The van der Waals surface area contributed by atoms with E-state index in [1.165, 1.54) is 0 Å². The molecule has 2 amide bonds. The molecule has 7 nitrogen and oxygen atoms in total. The van der Waals surface area contributed by atoms with E-state index in [-0.39, 0.29) is 17.7 Å².